The van der Waals surface area contributed by atoms with E-state index in [2.05, 4.69) is 47.2 Å². The van der Waals surface area contributed by atoms with Crippen LogP contribution < -0.4 is 27.0 Å². The summed E-state index contributed by atoms with van der Waals surface area (Å²) in [5.74, 6) is 0.884. The van der Waals surface area contributed by atoms with Crippen LogP contribution in [-0.4, -0.2) is 59.0 Å². The molecule has 4 rings (SSSR count). The number of nitrogens with two attached hydrogens (primary N) is 1. The van der Waals surface area contributed by atoms with Crippen molar-refractivity contribution in [2.75, 3.05) is 42.1 Å². The number of amides is 3. The third-order valence-corrected chi connectivity index (χ3v) is 6.67. The highest BCUT2D eigenvalue weighted by Crippen LogP contribution is 2.23. The smallest absolute Gasteiger partial charge is 0.321 e. The normalized spacial score (nSPS) is 13.6. The third kappa shape index (κ3) is 8.15. The van der Waals surface area contributed by atoms with Gasteiger partial charge in [-0.05, 0) is 65.4 Å². The number of carbonyl (C=O) groups excluding carboxylic acids is 2. The van der Waals surface area contributed by atoms with Crippen LogP contribution in [-0.2, 0) is 11.2 Å². The first kappa shape index (κ1) is 27.3. The van der Waals surface area contributed by atoms with E-state index in [-0.39, 0.29) is 11.9 Å². The molecule has 2 aromatic carbocycles. The van der Waals surface area contributed by atoms with E-state index in [9.17, 15) is 9.59 Å². The van der Waals surface area contributed by atoms with Crippen molar-refractivity contribution in [3.8, 4) is 0 Å². The van der Waals surface area contributed by atoms with Gasteiger partial charge in [0.25, 0.3) is 0 Å². The topological polar surface area (TPSA) is 137 Å². The number of hydrogen-bond donors (Lipinski definition) is 5. The molecule has 1 fully saturated rings. The molecule has 1 aliphatic rings. The summed E-state index contributed by atoms with van der Waals surface area (Å²) >= 11 is 3.48. The molecule has 0 bridgehead atoms. The predicted octanol–water partition coefficient (Wildman–Crippen LogP) is 4.10. The highest BCUT2D eigenvalue weighted by Gasteiger charge is 2.18. The number of aromatic nitrogens is 2. The quantitative estimate of drug-likeness (QED) is 0.215. The molecule has 10 nitrogen and oxygen atoms in total. The van der Waals surface area contributed by atoms with Crippen LogP contribution in [0.3, 0.4) is 0 Å². The zero-order valence-corrected chi connectivity index (χ0v) is 22.7. The molecule has 1 aliphatic heterocycles. The average molecular weight is 582 g/mol. The molecule has 3 aromatic rings. The van der Waals surface area contributed by atoms with Crippen LogP contribution in [0.1, 0.15) is 24.8 Å². The van der Waals surface area contributed by atoms with E-state index in [4.69, 9.17) is 5.73 Å². The van der Waals surface area contributed by atoms with Crippen molar-refractivity contribution < 1.29 is 9.59 Å². The first-order valence-electron chi connectivity index (χ1n) is 12.7. The third-order valence-electron chi connectivity index (χ3n) is 6.09. The number of nitrogens with one attached hydrogen (secondary N) is 4. The van der Waals surface area contributed by atoms with Crippen molar-refractivity contribution >= 4 is 51.0 Å². The maximum atomic E-state index is 12.4. The Hall–Kier alpha value is -3.70. The van der Waals surface area contributed by atoms with Crippen LogP contribution in [0.25, 0.3) is 0 Å². The van der Waals surface area contributed by atoms with Crippen LogP contribution in [0, 0.1) is 0 Å². The fraction of sp³-hybridized carbons (Fsp3) is 0.333. The molecular formula is C27H33BrN8O2. The number of hydrogen-bond acceptors (Lipinski definition) is 7. The number of likely N-dealkylation sites (tertiary alicyclic amines) is 1. The molecular weight excluding hydrogens is 548 g/mol. The Kier molecular flexibility index (Phi) is 9.88. The van der Waals surface area contributed by atoms with Gasteiger partial charge in [0.05, 0.1) is 10.5 Å². The lowest BCUT2D eigenvalue weighted by molar-refractivity contribution is -0.122. The SMILES string of the molecule is NC(Cc1ccccc1)C(=O)NCCCNc1nc(Nc2cccc(NC(=O)N3CCCC3)c2)ncc1Br. The van der Waals surface area contributed by atoms with E-state index in [1.807, 2.05) is 59.5 Å². The highest BCUT2D eigenvalue weighted by molar-refractivity contribution is 9.10. The maximum absolute atomic E-state index is 12.4. The molecule has 1 unspecified atom stereocenters. The summed E-state index contributed by atoms with van der Waals surface area (Å²) in [5, 5.41) is 12.3. The number of nitrogens with zero attached hydrogens (tertiary/aromatic N) is 3. The van der Waals surface area contributed by atoms with Gasteiger partial charge in [-0.25, -0.2) is 9.78 Å². The van der Waals surface area contributed by atoms with E-state index >= 15 is 0 Å². The molecule has 38 heavy (non-hydrogen) atoms. The van der Waals surface area contributed by atoms with Crippen LogP contribution in [0.15, 0.2) is 65.3 Å². The molecule has 6 N–H and O–H groups in total. The second-order valence-corrected chi connectivity index (χ2v) is 9.94. The lowest BCUT2D eigenvalue weighted by atomic mass is 10.1. The molecule has 1 atom stereocenters. The summed E-state index contributed by atoms with van der Waals surface area (Å²) in [5.41, 5.74) is 8.53. The van der Waals surface area contributed by atoms with Crippen molar-refractivity contribution in [1.29, 1.82) is 0 Å². The number of carbonyl (C=O) groups is 2. The lowest BCUT2D eigenvalue weighted by Crippen LogP contribution is -2.42. The molecule has 0 radical (unpaired) electrons. The second-order valence-electron chi connectivity index (χ2n) is 9.09. The van der Waals surface area contributed by atoms with E-state index in [1.54, 1.807) is 6.20 Å². The minimum absolute atomic E-state index is 0.0830. The molecule has 200 valence electrons. The summed E-state index contributed by atoms with van der Waals surface area (Å²) in [4.78, 5) is 35.4. The van der Waals surface area contributed by atoms with Gasteiger partial charge in [-0.2, -0.15) is 4.98 Å². The van der Waals surface area contributed by atoms with Crippen molar-refractivity contribution in [3.63, 3.8) is 0 Å². The van der Waals surface area contributed by atoms with Crippen molar-refractivity contribution in [2.24, 2.45) is 5.73 Å². The minimum atomic E-state index is -0.581. The Labute approximate surface area is 230 Å². The monoisotopic (exact) mass is 580 g/mol. The second kappa shape index (κ2) is 13.7. The molecule has 1 saturated heterocycles. The zero-order chi connectivity index (χ0) is 26.7. The zero-order valence-electron chi connectivity index (χ0n) is 21.1. The van der Waals surface area contributed by atoms with Gasteiger partial charge in [0, 0.05) is 43.8 Å². The van der Waals surface area contributed by atoms with Crippen molar-refractivity contribution in [2.45, 2.75) is 31.7 Å². The number of urea groups is 1. The number of rotatable bonds is 11. The first-order valence-corrected chi connectivity index (χ1v) is 13.5. The Morgan fingerprint density at radius 3 is 2.58 bits per heavy atom. The highest BCUT2D eigenvalue weighted by atomic mass is 79.9. The van der Waals surface area contributed by atoms with Gasteiger partial charge in [-0.3, -0.25) is 4.79 Å². The van der Waals surface area contributed by atoms with Gasteiger partial charge in [-0.1, -0.05) is 36.4 Å². The Balaban J connectivity index is 1.22. The number of halogens is 1. The van der Waals surface area contributed by atoms with E-state index in [1.165, 1.54) is 0 Å². The number of anilines is 4. The summed E-state index contributed by atoms with van der Waals surface area (Å²) in [6.45, 7) is 2.68. The molecule has 0 spiro atoms. The van der Waals surface area contributed by atoms with E-state index < -0.39 is 6.04 Å². The fourth-order valence-corrected chi connectivity index (χ4v) is 4.41. The molecule has 0 aliphatic carbocycles. The summed E-state index contributed by atoms with van der Waals surface area (Å²) in [6.07, 6.45) is 4.96. The molecule has 3 amide bonds. The van der Waals surface area contributed by atoms with Gasteiger partial charge in [0.15, 0.2) is 0 Å². The summed E-state index contributed by atoms with van der Waals surface area (Å²) in [6, 6.07) is 16.5. The van der Waals surface area contributed by atoms with Gasteiger partial charge >= 0.3 is 6.03 Å². The van der Waals surface area contributed by atoms with Gasteiger partial charge in [0.1, 0.15) is 5.82 Å². The standard InChI is InChI=1S/C27H33BrN8O2/c28-22-18-32-26(33-20-10-6-11-21(17-20)34-27(38)36-14-4-5-15-36)35-24(22)30-12-7-13-31-25(37)23(29)16-19-8-2-1-3-9-19/h1-3,6,8-11,17-18,23H,4-5,7,12-16,29H2,(H,31,37)(H,34,38)(H2,30,32,33,35). The molecule has 0 saturated carbocycles. The van der Waals surface area contributed by atoms with Crippen LogP contribution in [0.2, 0.25) is 0 Å². The first-order chi connectivity index (χ1) is 18.5. The molecule has 1 aromatic heterocycles. The van der Waals surface area contributed by atoms with Crippen LogP contribution in [0.4, 0.5) is 27.9 Å². The largest absolute Gasteiger partial charge is 0.369 e. The minimum Gasteiger partial charge on any atom is -0.369 e. The average Bonchev–Trinajstić information content (AvgIpc) is 3.46. The predicted molar refractivity (Wildman–Crippen MR) is 154 cm³/mol. The Morgan fingerprint density at radius 2 is 1.79 bits per heavy atom. The van der Waals surface area contributed by atoms with E-state index in [0.29, 0.717) is 43.4 Å². The van der Waals surface area contributed by atoms with Crippen molar-refractivity contribution in [1.82, 2.24) is 20.2 Å². The Bertz CT molecular complexity index is 1220. The Morgan fingerprint density at radius 1 is 1.03 bits per heavy atom. The summed E-state index contributed by atoms with van der Waals surface area (Å²) in [7, 11) is 0. The van der Waals surface area contributed by atoms with Crippen LogP contribution >= 0.6 is 15.9 Å². The number of benzene rings is 2. The maximum Gasteiger partial charge on any atom is 0.321 e. The van der Waals surface area contributed by atoms with Crippen molar-refractivity contribution in [3.05, 3.63) is 70.8 Å². The molecule has 2 heterocycles. The van der Waals surface area contributed by atoms with Crippen LogP contribution in [0.5, 0.6) is 0 Å². The van der Waals surface area contributed by atoms with Gasteiger partial charge in [-0.15, -0.1) is 0 Å². The van der Waals surface area contributed by atoms with Gasteiger partial charge in [0.2, 0.25) is 11.9 Å². The van der Waals surface area contributed by atoms with Gasteiger partial charge < -0.3 is 31.9 Å². The summed E-state index contributed by atoms with van der Waals surface area (Å²) < 4.78 is 0.726. The fourth-order valence-electron chi connectivity index (χ4n) is 4.08. The lowest BCUT2D eigenvalue weighted by Gasteiger charge is -2.16. The molecule has 11 heteroatoms. The van der Waals surface area contributed by atoms with E-state index in [0.717, 1.165) is 41.7 Å².